The maximum Gasteiger partial charge on any atom is 0.172 e. The fourth-order valence-corrected chi connectivity index (χ4v) is 2.47. The van der Waals surface area contributed by atoms with Gasteiger partial charge >= 0.3 is 0 Å². The molecule has 0 saturated carbocycles. The monoisotopic (exact) mass is 231 g/mol. The largest absolute Gasteiger partial charge is 0.293 e. The zero-order chi connectivity index (χ0) is 11.4. The summed E-state index contributed by atoms with van der Waals surface area (Å²) in [4.78, 5) is 17.7. The van der Waals surface area contributed by atoms with Crippen LogP contribution in [0, 0.1) is 0 Å². The Labute approximate surface area is 99.0 Å². The smallest absolute Gasteiger partial charge is 0.172 e. The van der Waals surface area contributed by atoms with E-state index in [-0.39, 0.29) is 5.78 Å². The van der Waals surface area contributed by atoms with Crippen LogP contribution in [0.15, 0.2) is 36.7 Å². The summed E-state index contributed by atoms with van der Waals surface area (Å²) in [5, 5.41) is 0. The second kappa shape index (κ2) is 5.03. The Morgan fingerprint density at radius 3 is 2.94 bits per heavy atom. The zero-order valence-electron chi connectivity index (χ0n) is 9.14. The third-order valence-corrected chi connectivity index (χ3v) is 3.48. The highest BCUT2D eigenvalue weighted by atomic mass is 32.1. The lowest BCUT2D eigenvalue weighted by Crippen LogP contribution is -1.93. The van der Waals surface area contributed by atoms with E-state index in [1.807, 2.05) is 37.4 Å². The van der Waals surface area contributed by atoms with E-state index in [0.717, 1.165) is 21.7 Å². The molecule has 0 amide bonds. The van der Waals surface area contributed by atoms with Crippen LogP contribution in [0.1, 0.15) is 29.4 Å². The second-order valence-electron chi connectivity index (χ2n) is 3.58. The van der Waals surface area contributed by atoms with Crippen LogP contribution >= 0.6 is 11.3 Å². The van der Waals surface area contributed by atoms with Crippen LogP contribution in [0.2, 0.25) is 0 Å². The molecule has 82 valence electrons. The third-order valence-electron chi connectivity index (χ3n) is 2.30. The first-order valence-corrected chi connectivity index (χ1v) is 6.16. The van der Waals surface area contributed by atoms with Crippen molar-refractivity contribution in [1.29, 1.82) is 0 Å². The molecule has 0 radical (unpaired) electrons. The summed E-state index contributed by atoms with van der Waals surface area (Å²) in [6.45, 7) is 2.02. The van der Waals surface area contributed by atoms with Crippen molar-refractivity contribution < 1.29 is 4.79 Å². The molecule has 16 heavy (non-hydrogen) atoms. The van der Waals surface area contributed by atoms with Gasteiger partial charge in [-0.05, 0) is 24.6 Å². The topological polar surface area (TPSA) is 30.0 Å². The van der Waals surface area contributed by atoms with Gasteiger partial charge in [0.05, 0.1) is 4.88 Å². The lowest BCUT2D eigenvalue weighted by molar-refractivity contribution is 0.0985. The van der Waals surface area contributed by atoms with Gasteiger partial charge in [-0.3, -0.25) is 9.78 Å². The summed E-state index contributed by atoms with van der Waals surface area (Å²) in [6.07, 6.45) is 5.10. The molecule has 2 nitrogen and oxygen atoms in total. The minimum Gasteiger partial charge on any atom is -0.293 e. The van der Waals surface area contributed by atoms with E-state index in [0.29, 0.717) is 6.42 Å². The van der Waals surface area contributed by atoms with Crippen molar-refractivity contribution in [1.82, 2.24) is 4.98 Å². The number of thiophene rings is 1. The third kappa shape index (κ3) is 2.36. The van der Waals surface area contributed by atoms with Gasteiger partial charge in [0.1, 0.15) is 0 Å². The maximum absolute atomic E-state index is 11.7. The Kier molecular flexibility index (Phi) is 3.47. The number of pyridine rings is 1. The van der Waals surface area contributed by atoms with Crippen LogP contribution in [0.3, 0.4) is 0 Å². The summed E-state index contributed by atoms with van der Waals surface area (Å²) in [5.41, 5.74) is 1.07. The first kappa shape index (κ1) is 11.0. The Morgan fingerprint density at radius 1 is 1.38 bits per heavy atom. The maximum atomic E-state index is 11.7. The molecule has 3 heteroatoms. The normalized spacial score (nSPS) is 10.3. The van der Waals surface area contributed by atoms with Crippen molar-refractivity contribution >= 4 is 17.1 Å². The fraction of sp³-hybridized carbons (Fsp3) is 0.231. The molecule has 2 heterocycles. The Morgan fingerprint density at radius 2 is 2.25 bits per heavy atom. The van der Waals surface area contributed by atoms with Gasteiger partial charge in [0.2, 0.25) is 0 Å². The fourth-order valence-electron chi connectivity index (χ4n) is 1.50. The number of hydrogen-bond donors (Lipinski definition) is 0. The average molecular weight is 231 g/mol. The average Bonchev–Trinajstić information content (AvgIpc) is 2.80. The molecule has 0 unspecified atom stereocenters. The van der Waals surface area contributed by atoms with Crippen molar-refractivity contribution in [3.8, 4) is 10.4 Å². The predicted molar refractivity (Wildman–Crippen MR) is 66.8 cm³/mol. The zero-order valence-corrected chi connectivity index (χ0v) is 9.96. The second-order valence-corrected chi connectivity index (χ2v) is 4.66. The molecule has 0 saturated heterocycles. The van der Waals surface area contributed by atoms with Gasteiger partial charge < -0.3 is 0 Å². The van der Waals surface area contributed by atoms with Crippen molar-refractivity contribution in [3.63, 3.8) is 0 Å². The van der Waals surface area contributed by atoms with E-state index in [1.165, 1.54) is 0 Å². The number of ketones is 1. The van der Waals surface area contributed by atoms with Gasteiger partial charge in [0.25, 0.3) is 0 Å². The quantitative estimate of drug-likeness (QED) is 0.749. The molecular weight excluding hydrogens is 218 g/mol. The highest BCUT2D eigenvalue weighted by molar-refractivity contribution is 7.17. The van der Waals surface area contributed by atoms with E-state index in [2.05, 4.69) is 4.98 Å². The molecule has 2 rings (SSSR count). The highest BCUT2D eigenvalue weighted by Gasteiger charge is 2.09. The standard InChI is InChI=1S/C13H13NOS/c1-2-4-11(15)13-7-6-12(16-13)10-5-3-8-14-9-10/h3,5-9H,2,4H2,1H3. The first-order chi connectivity index (χ1) is 7.81. The van der Waals surface area contributed by atoms with E-state index < -0.39 is 0 Å². The van der Waals surface area contributed by atoms with Crippen LogP contribution in [0.5, 0.6) is 0 Å². The molecule has 0 atom stereocenters. The molecule has 0 aliphatic rings. The minimum atomic E-state index is 0.239. The number of nitrogens with zero attached hydrogens (tertiary/aromatic N) is 1. The summed E-state index contributed by atoms with van der Waals surface area (Å²) in [5.74, 6) is 0.239. The minimum absolute atomic E-state index is 0.239. The van der Waals surface area contributed by atoms with Crippen LogP contribution < -0.4 is 0 Å². The number of hydrogen-bond acceptors (Lipinski definition) is 3. The number of carbonyl (C=O) groups excluding carboxylic acids is 1. The van der Waals surface area contributed by atoms with Crippen LogP contribution in [-0.4, -0.2) is 10.8 Å². The molecule has 0 aromatic carbocycles. The Balaban J connectivity index is 2.23. The van der Waals surface area contributed by atoms with Gasteiger partial charge in [0.15, 0.2) is 5.78 Å². The van der Waals surface area contributed by atoms with Gasteiger partial charge in [0, 0.05) is 29.3 Å². The highest BCUT2D eigenvalue weighted by Crippen LogP contribution is 2.28. The van der Waals surface area contributed by atoms with E-state index >= 15 is 0 Å². The molecule has 2 aromatic heterocycles. The van der Waals surface area contributed by atoms with Crippen molar-refractivity contribution in [2.45, 2.75) is 19.8 Å². The summed E-state index contributed by atoms with van der Waals surface area (Å²) in [6, 6.07) is 7.81. The Hall–Kier alpha value is -1.48. The van der Waals surface area contributed by atoms with Crippen molar-refractivity contribution in [3.05, 3.63) is 41.5 Å². The predicted octanol–water partition coefficient (Wildman–Crippen LogP) is 3.79. The van der Waals surface area contributed by atoms with Crippen LogP contribution in [-0.2, 0) is 0 Å². The molecule has 0 fully saturated rings. The van der Waals surface area contributed by atoms with Crippen molar-refractivity contribution in [2.24, 2.45) is 0 Å². The molecule has 0 aliphatic carbocycles. The summed E-state index contributed by atoms with van der Waals surface area (Å²) >= 11 is 1.54. The van der Waals surface area contributed by atoms with E-state index in [1.54, 1.807) is 17.5 Å². The van der Waals surface area contributed by atoms with E-state index in [4.69, 9.17) is 0 Å². The number of carbonyl (C=O) groups is 1. The lowest BCUT2D eigenvalue weighted by atomic mass is 10.2. The first-order valence-electron chi connectivity index (χ1n) is 5.34. The van der Waals surface area contributed by atoms with Gasteiger partial charge in [-0.2, -0.15) is 0 Å². The van der Waals surface area contributed by atoms with Crippen molar-refractivity contribution in [2.75, 3.05) is 0 Å². The Bertz CT molecular complexity index is 476. The lowest BCUT2D eigenvalue weighted by Gasteiger charge is -1.95. The molecular formula is C13H13NOS. The molecule has 2 aromatic rings. The van der Waals surface area contributed by atoms with Gasteiger partial charge in [-0.15, -0.1) is 11.3 Å². The SMILES string of the molecule is CCCC(=O)c1ccc(-c2cccnc2)s1. The van der Waals surface area contributed by atoms with Gasteiger partial charge in [-0.1, -0.05) is 13.0 Å². The molecule has 0 aliphatic heterocycles. The van der Waals surface area contributed by atoms with E-state index in [9.17, 15) is 4.79 Å². The number of aromatic nitrogens is 1. The van der Waals surface area contributed by atoms with Crippen LogP contribution in [0.4, 0.5) is 0 Å². The summed E-state index contributed by atoms with van der Waals surface area (Å²) < 4.78 is 0. The summed E-state index contributed by atoms with van der Waals surface area (Å²) in [7, 11) is 0. The number of rotatable bonds is 4. The van der Waals surface area contributed by atoms with Gasteiger partial charge in [-0.25, -0.2) is 0 Å². The van der Waals surface area contributed by atoms with Crippen LogP contribution in [0.25, 0.3) is 10.4 Å². The number of Topliss-reactive ketones (excluding diaryl/α,β-unsaturated/α-hetero) is 1. The molecule has 0 spiro atoms. The molecule has 0 bridgehead atoms. The molecule has 0 N–H and O–H groups in total.